The van der Waals surface area contributed by atoms with Crippen molar-refractivity contribution in [2.75, 3.05) is 5.73 Å². The second kappa shape index (κ2) is 4.71. The van der Waals surface area contributed by atoms with E-state index in [0.717, 1.165) is 12.8 Å². The van der Waals surface area contributed by atoms with Crippen LogP contribution in [0.4, 0.5) is 5.69 Å². The minimum atomic E-state index is -0.840. The summed E-state index contributed by atoms with van der Waals surface area (Å²) in [7, 11) is 0. The number of nitrogen functional groups attached to an aromatic ring is 1. The van der Waals surface area contributed by atoms with E-state index in [9.17, 15) is 4.79 Å². The molecule has 0 aromatic heterocycles. The Morgan fingerprint density at radius 2 is 1.94 bits per heavy atom. The summed E-state index contributed by atoms with van der Waals surface area (Å²) < 4.78 is 0. The molecular weight excluding hydrogens is 226 g/mol. The molecule has 18 heavy (non-hydrogen) atoms. The lowest BCUT2D eigenvalue weighted by molar-refractivity contribution is 0.0750. The molecule has 0 aliphatic heterocycles. The summed E-state index contributed by atoms with van der Waals surface area (Å²) in [5.74, 6) is -0.0264. The molecule has 0 spiro atoms. The summed E-state index contributed by atoms with van der Waals surface area (Å²) in [6, 6.07) is 6.92. The number of hydrogen-bond acceptors (Lipinski definition) is 4. The van der Waals surface area contributed by atoms with Gasteiger partial charge in [-0.1, -0.05) is 6.92 Å². The highest BCUT2D eigenvalue weighted by Gasteiger charge is 2.44. The van der Waals surface area contributed by atoms with E-state index in [0.29, 0.717) is 17.7 Å². The molecule has 4 nitrogen and oxygen atoms in total. The van der Waals surface area contributed by atoms with Crippen LogP contribution in [-0.4, -0.2) is 17.4 Å². The first-order valence-electron chi connectivity index (χ1n) is 6.40. The standard InChI is InChI=1S/C14H21N3O/c1-9-12(16)3-2-8-14(9,17)13(18)10-4-6-11(15)7-5-10/h4-7,9,12H,2-3,8,15-17H2,1H3. The molecule has 1 fully saturated rings. The largest absolute Gasteiger partial charge is 0.399 e. The van der Waals surface area contributed by atoms with Crippen molar-refractivity contribution in [2.45, 2.75) is 37.8 Å². The highest BCUT2D eigenvalue weighted by molar-refractivity contribution is 6.03. The number of rotatable bonds is 2. The van der Waals surface area contributed by atoms with E-state index in [1.807, 2.05) is 6.92 Å². The van der Waals surface area contributed by atoms with Gasteiger partial charge in [-0.15, -0.1) is 0 Å². The van der Waals surface area contributed by atoms with Gasteiger partial charge in [-0.25, -0.2) is 0 Å². The van der Waals surface area contributed by atoms with E-state index >= 15 is 0 Å². The van der Waals surface area contributed by atoms with E-state index in [1.54, 1.807) is 24.3 Å². The van der Waals surface area contributed by atoms with E-state index in [1.165, 1.54) is 0 Å². The average molecular weight is 247 g/mol. The summed E-state index contributed by atoms with van der Waals surface area (Å²) in [4.78, 5) is 12.6. The number of carbonyl (C=O) groups excluding carboxylic acids is 1. The molecule has 0 saturated heterocycles. The van der Waals surface area contributed by atoms with Crippen LogP contribution in [0.1, 0.15) is 36.5 Å². The van der Waals surface area contributed by atoms with Gasteiger partial charge in [0.1, 0.15) is 0 Å². The molecule has 98 valence electrons. The minimum absolute atomic E-state index is 0.00137. The van der Waals surface area contributed by atoms with Crippen molar-refractivity contribution in [1.82, 2.24) is 0 Å². The van der Waals surface area contributed by atoms with E-state index in [4.69, 9.17) is 17.2 Å². The predicted molar refractivity (Wildman–Crippen MR) is 73.1 cm³/mol. The molecule has 6 N–H and O–H groups in total. The topological polar surface area (TPSA) is 95.1 Å². The zero-order valence-electron chi connectivity index (χ0n) is 10.7. The molecule has 0 amide bonds. The van der Waals surface area contributed by atoms with Crippen molar-refractivity contribution in [3.8, 4) is 0 Å². The van der Waals surface area contributed by atoms with Crippen LogP contribution < -0.4 is 17.2 Å². The van der Waals surface area contributed by atoms with Crippen LogP contribution in [0.3, 0.4) is 0 Å². The number of anilines is 1. The maximum Gasteiger partial charge on any atom is 0.182 e. The van der Waals surface area contributed by atoms with Crippen molar-refractivity contribution < 1.29 is 4.79 Å². The van der Waals surface area contributed by atoms with Crippen LogP contribution >= 0.6 is 0 Å². The number of hydrogen-bond donors (Lipinski definition) is 3. The van der Waals surface area contributed by atoms with Gasteiger partial charge in [-0.05, 0) is 49.4 Å². The van der Waals surface area contributed by atoms with Gasteiger partial charge in [0.15, 0.2) is 5.78 Å². The maximum atomic E-state index is 12.6. The maximum absolute atomic E-state index is 12.6. The van der Waals surface area contributed by atoms with Crippen LogP contribution in [-0.2, 0) is 0 Å². The highest BCUT2D eigenvalue weighted by atomic mass is 16.1. The summed E-state index contributed by atoms with van der Waals surface area (Å²) in [5, 5.41) is 0. The van der Waals surface area contributed by atoms with Gasteiger partial charge in [-0.3, -0.25) is 4.79 Å². The van der Waals surface area contributed by atoms with Gasteiger partial charge >= 0.3 is 0 Å². The lowest BCUT2D eigenvalue weighted by Crippen LogP contribution is -2.60. The Morgan fingerprint density at radius 1 is 1.33 bits per heavy atom. The summed E-state index contributed by atoms with van der Waals surface area (Å²) in [6.45, 7) is 1.97. The van der Waals surface area contributed by atoms with Crippen molar-refractivity contribution in [3.05, 3.63) is 29.8 Å². The second-order valence-corrected chi connectivity index (χ2v) is 5.34. The summed E-state index contributed by atoms with van der Waals surface area (Å²) >= 11 is 0. The lowest BCUT2D eigenvalue weighted by Gasteiger charge is -2.41. The van der Waals surface area contributed by atoms with Crippen LogP contribution in [0.5, 0.6) is 0 Å². The van der Waals surface area contributed by atoms with Crippen molar-refractivity contribution in [2.24, 2.45) is 17.4 Å². The molecule has 1 aliphatic rings. The first kappa shape index (κ1) is 13.1. The number of carbonyl (C=O) groups is 1. The average Bonchev–Trinajstić information content (AvgIpc) is 2.36. The van der Waals surface area contributed by atoms with Crippen LogP contribution in [0.25, 0.3) is 0 Å². The molecule has 3 atom stereocenters. The Bertz CT molecular complexity index is 443. The van der Waals surface area contributed by atoms with Crippen molar-refractivity contribution >= 4 is 11.5 Å². The van der Waals surface area contributed by atoms with Gasteiger partial charge in [0, 0.05) is 17.3 Å². The third-order valence-electron chi connectivity index (χ3n) is 4.18. The Morgan fingerprint density at radius 3 is 2.56 bits per heavy atom. The van der Waals surface area contributed by atoms with Gasteiger partial charge in [-0.2, -0.15) is 0 Å². The molecule has 1 aromatic rings. The van der Waals surface area contributed by atoms with Gasteiger partial charge in [0.25, 0.3) is 0 Å². The first-order valence-corrected chi connectivity index (χ1v) is 6.40. The molecule has 3 unspecified atom stereocenters. The molecular formula is C14H21N3O. The Labute approximate surface area is 108 Å². The Kier molecular flexibility index (Phi) is 3.41. The molecule has 0 radical (unpaired) electrons. The van der Waals surface area contributed by atoms with Crippen LogP contribution in [0.2, 0.25) is 0 Å². The minimum Gasteiger partial charge on any atom is -0.399 e. The predicted octanol–water partition coefficient (Wildman–Crippen LogP) is 1.30. The quantitative estimate of drug-likeness (QED) is 0.542. The normalized spacial score (nSPS) is 32.2. The molecule has 2 rings (SSSR count). The fourth-order valence-corrected chi connectivity index (χ4v) is 2.71. The van der Waals surface area contributed by atoms with Crippen molar-refractivity contribution in [3.63, 3.8) is 0 Å². The van der Waals surface area contributed by atoms with Gasteiger partial charge in [0.2, 0.25) is 0 Å². The zero-order chi connectivity index (χ0) is 13.3. The number of ketones is 1. The van der Waals surface area contributed by atoms with Crippen LogP contribution in [0.15, 0.2) is 24.3 Å². The summed E-state index contributed by atoms with van der Waals surface area (Å²) in [6.07, 6.45) is 2.54. The fraction of sp³-hybridized carbons (Fsp3) is 0.500. The molecule has 1 saturated carbocycles. The Balaban J connectivity index is 2.29. The second-order valence-electron chi connectivity index (χ2n) is 5.34. The van der Waals surface area contributed by atoms with E-state index in [-0.39, 0.29) is 17.7 Å². The molecule has 0 bridgehead atoms. The molecule has 4 heteroatoms. The number of benzene rings is 1. The molecule has 0 heterocycles. The first-order chi connectivity index (χ1) is 8.45. The third-order valence-corrected chi connectivity index (χ3v) is 4.18. The third kappa shape index (κ3) is 2.13. The Hall–Kier alpha value is -1.39. The summed E-state index contributed by atoms with van der Waals surface area (Å²) in [5.41, 5.74) is 18.4. The monoisotopic (exact) mass is 247 g/mol. The smallest absolute Gasteiger partial charge is 0.182 e. The lowest BCUT2D eigenvalue weighted by atomic mass is 9.68. The van der Waals surface area contributed by atoms with Crippen molar-refractivity contribution in [1.29, 1.82) is 0 Å². The SMILES string of the molecule is CC1C(N)CCCC1(N)C(=O)c1ccc(N)cc1. The van der Waals surface area contributed by atoms with Gasteiger partial charge in [0.05, 0.1) is 5.54 Å². The van der Waals surface area contributed by atoms with E-state index < -0.39 is 5.54 Å². The fourth-order valence-electron chi connectivity index (χ4n) is 2.71. The molecule has 1 aliphatic carbocycles. The van der Waals surface area contributed by atoms with E-state index in [2.05, 4.69) is 0 Å². The zero-order valence-corrected chi connectivity index (χ0v) is 10.7. The number of Topliss-reactive ketones (excluding diaryl/α,β-unsaturated/α-hetero) is 1. The number of nitrogens with two attached hydrogens (primary N) is 3. The molecule has 1 aromatic carbocycles. The highest BCUT2D eigenvalue weighted by Crippen LogP contribution is 2.33. The van der Waals surface area contributed by atoms with Crippen LogP contribution in [0, 0.1) is 5.92 Å². The van der Waals surface area contributed by atoms with Gasteiger partial charge < -0.3 is 17.2 Å².